The molecular formula is C6H11NO2S. The molecule has 10 heavy (non-hydrogen) atoms. The molecule has 2 N–H and O–H groups in total. The van der Waals surface area contributed by atoms with Gasteiger partial charge in [-0.1, -0.05) is 0 Å². The second kappa shape index (κ2) is 2.80. The normalized spacial score (nSPS) is 33.7. The summed E-state index contributed by atoms with van der Waals surface area (Å²) in [5.41, 5.74) is -0.692. The Hall–Kier alpha value is -0.220. The van der Waals surface area contributed by atoms with Crippen molar-refractivity contribution in [3.8, 4) is 0 Å². The van der Waals surface area contributed by atoms with Crippen LogP contribution in [0.5, 0.6) is 0 Å². The first kappa shape index (κ1) is 7.88. The fourth-order valence-corrected chi connectivity index (χ4v) is 1.89. The van der Waals surface area contributed by atoms with Crippen LogP contribution in [0.2, 0.25) is 0 Å². The number of nitrogens with one attached hydrogen (secondary N) is 1. The smallest absolute Gasteiger partial charge is 0.324 e. The van der Waals surface area contributed by atoms with Gasteiger partial charge < -0.3 is 10.4 Å². The molecule has 1 aliphatic rings. The fourth-order valence-electron chi connectivity index (χ4n) is 0.864. The number of carboxylic acid groups (broad SMARTS) is 1. The van der Waals surface area contributed by atoms with Crippen LogP contribution in [0.1, 0.15) is 6.92 Å². The molecule has 1 aliphatic heterocycles. The van der Waals surface area contributed by atoms with Crippen LogP contribution < -0.4 is 5.32 Å². The van der Waals surface area contributed by atoms with Crippen LogP contribution in [-0.4, -0.2) is 34.7 Å². The van der Waals surface area contributed by atoms with E-state index in [4.69, 9.17) is 5.11 Å². The SMILES string of the molecule is CC1(C(=O)O)CSCCN1. The Morgan fingerprint density at radius 2 is 2.50 bits per heavy atom. The van der Waals surface area contributed by atoms with E-state index in [1.807, 2.05) is 0 Å². The fraction of sp³-hybridized carbons (Fsp3) is 0.833. The van der Waals surface area contributed by atoms with Gasteiger partial charge >= 0.3 is 5.97 Å². The van der Waals surface area contributed by atoms with Crippen molar-refractivity contribution in [3.05, 3.63) is 0 Å². The molecule has 0 radical (unpaired) electrons. The van der Waals surface area contributed by atoms with Gasteiger partial charge in [-0.2, -0.15) is 11.8 Å². The minimum atomic E-state index is -0.750. The molecule has 1 unspecified atom stereocenters. The number of carbonyl (C=O) groups is 1. The zero-order valence-electron chi connectivity index (χ0n) is 5.89. The van der Waals surface area contributed by atoms with Gasteiger partial charge in [0.1, 0.15) is 5.54 Å². The van der Waals surface area contributed by atoms with Gasteiger partial charge in [-0.3, -0.25) is 4.79 Å². The molecule has 3 nitrogen and oxygen atoms in total. The molecule has 0 spiro atoms. The predicted octanol–water partition coefficient (Wildman–Crippen LogP) is 0.166. The summed E-state index contributed by atoms with van der Waals surface area (Å²) in [6.07, 6.45) is 0. The highest BCUT2D eigenvalue weighted by Gasteiger charge is 2.34. The summed E-state index contributed by atoms with van der Waals surface area (Å²) in [5.74, 6) is 0.935. The summed E-state index contributed by atoms with van der Waals surface area (Å²) in [6, 6.07) is 0. The van der Waals surface area contributed by atoms with Crippen LogP contribution in [0.25, 0.3) is 0 Å². The predicted molar refractivity (Wildman–Crippen MR) is 41.4 cm³/mol. The summed E-state index contributed by atoms with van der Waals surface area (Å²) in [7, 11) is 0. The summed E-state index contributed by atoms with van der Waals surface area (Å²) in [6.45, 7) is 2.52. The van der Waals surface area contributed by atoms with Crippen molar-refractivity contribution in [2.45, 2.75) is 12.5 Å². The third-order valence-electron chi connectivity index (χ3n) is 1.62. The standard InChI is InChI=1S/C6H11NO2S/c1-6(5(8)9)4-10-3-2-7-6/h7H,2-4H2,1H3,(H,8,9). The molecule has 58 valence electrons. The molecule has 0 bridgehead atoms. The minimum Gasteiger partial charge on any atom is -0.480 e. The number of rotatable bonds is 1. The lowest BCUT2D eigenvalue weighted by molar-refractivity contribution is -0.143. The molecule has 1 rings (SSSR count). The Balaban J connectivity index is 2.56. The van der Waals surface area contributed by atoms with Gasteiger partial charge in [-0.05, 0) is 6.92 Å². The summed E-state index contributed by atoms with van der Waals surface area (Å²) in [4.78, 5) is 10.6. The van der Waals surface area contributed by atoms with Gasteiger partial charge in [0.2, 0.25) is 0 Å². The van der Waals surface area contributed by atoms with Gasteiger partial charge in [-0.15, -0.1) is 0 Å². The first-order valence-electron chi connectivity index (χ1n) is 3.21. The lowest BCUT2D eigenvalue weighted by Crippen LogP contribution is -2.54. The zero-order valence-corrected chi connectivity index (χ0v) is 6.70. The monoisotopic (exact) mass is 161 g/mol. The van der Waals surface area contributed by atoms with E-state index in [2.05, 4.69) is 5.32 Å². The number of hydrogen-bond donors (Lipinski definition) is 2. The quantitative estimate of drug-likeness (QED) is 0.575. The van der Waals surface area contributed by atoms with E-state index in [-0.39, 0.29) is 0 Å². The average Bonchev–Trinajstić information content (AvgIpc) is 1.89. The van der Waals surface area contributed by atoms with E-state index in [0.29, 0.717) is 5.75 Å². The van der Waals surface area contributed by atoms with Gasteiger partial charge in [0.15, 0.2) is 0 Å². The Kier molecular flexibility index (Phi) is 2.21. The van der Waals surface area contributed by atoms with Gasteiger partial charge in [0.25, 0.3) is 0 Å². The van der Waals surface area contributed by atoms with Crippen LogP contribution in [0.15, 0.2) is 0 Å². The highest BCUT2D eigenvalue weighted by molar-refractivity contribution is 7.99. The van der Waals surface area contributed by atoms with E-state index in [0.717, 1.165) is 12.3 Å². The molecular weight excluding hydrogens is 150 g/mol. The molecule has 0 saturated carbocycles. The maximum absolute atomic E-state index is 10.6. The van der Waals surface area contributed by atoms with Crippen LogP contribution in [0.4, 0.5) is 0 Å². The molecule has 1 heterocycles. The van der Waals surface area contributed by atoms with Gasteiger partial charge in [0.05, 0.1) is 0 Å². The van der Waals surface area contributed by atoms with Crippen molar-refractivity contribution in [1.82, 2.24) is 5.32 Å². The third-order valence-corrected chi connectivity index (χ3v) is 2.90. The van der Waals surface area contributed by atoms with E-state index in [1.54, 1.807) is 18.7 Å². The van der Waals surface area contributed by atoms with E-state index < -0.39 is 11.5 Å². The van der Waals surface area contributed by atoms with E-state index >= 15 is 0 Å². The Morgan fingerprint density at radius 1 is 1.80 bits per heavy atom. The Bertz CT molecular complexity index is 143. The lowest BCUT2D eigenvalue weighted by atomic mass is 10.1. The molecule has 0 amide bonds. The first-order chi connectivity index (χ1) is 4.65. The number of hydrogen-bond acceptors (Lipinski definition) is 3. The maximum Gasteiger partial charge on any atom is 0.324 e. The van der Waals surface area contributed by atoms with Crippen LogP contribution in [0.3, 0.4) is 0 Å². The molecule has 0 aromatic heterocycles. The maximum atomic E-state index is 10.6. The second-order valence-corrected chi connectivity index (χ2v) is 3.72. The molecule has 0 aliphatic carbocycles. The number of thioether (sulfide) groups is 1. The van der Waals surface area contributed by atoms with E-state index in [1.165, 1.54) is 0 Å². The zero-order chi connectivity index (χ0) is 7.61. The lowest BCUT2D eigenvalue weighted by Gasteiger charge is -2.29. The van der Waals surface area contributed by atoms with Crippen molar-refractivity contribution in [2.75, 3.05) is 18.1 Å². The van der Waals surface area contributed by atoms with Gasteiger partial charge in [-0.25, -0.2) is 0 Å². The summed E-state index contributed by atoms with van der Waals surface area (Å²) >= 11 is 1.69. The molecule has 1 saturated heterocycles. The van der Waals surface area contributed by atoms with Crippen LogP contribution >= 0.6 is 11.8 Å². The van der Waals surface area contributed by atoms with Crippen LogP contribution in [-0.2, 0) is 4.79 Å². The molecule has 0 aromatic rings. The number of carboxylic acids is 1. The molecule has 0 aromatic carbocycles. The molecule has 4 heteroatoms. The van der Waals surface area contributed by atoms with Gasteiger partial charge in [0, 0.05) is 18.1 Å². The summed E-state index contributed by atoms with van der Waals surface area (Å²) in [5, 5.41) is 11.7. The summed E-state index contributed by atoms with van der Waals surface area (Å²) < 4.78 is 0. The number of aliphatic carboxylic acids is 1. The van der Waals surface area contributed by atoms with Crippen molar-refractivity contribution in [3.63, 3.8) is 0 Å². The molecule has 1 atom stereocenters. The largest absolute Gasteiger partial charge is 0.480 e. The average molecular weight is 161 g/mol. The topological polar surface area (TPSA) is 49.3 Å². The highest BCUT2D eigenvalue weighted by Crippen LogP contribution is 2.17. The Labute approximate surface area is 64.2 Å². The minimum absolute atomic E-state index is 0.669. The van der Waals surface area contributed by atoms with Crippen molar-refractivity contribution in [2.24, 2.45) is 0 Å². The van der Waals surface area contributed by atoms with Crippen molar-refractivity contribution >= 4 is 17.7 Å². The van der Waals surface area contributed by atoms with Crippen molar-refractivity contribution < 1.29 is 9.90 Å². The second-order valence-electron chi connectivity index (χ2n) is 2.62. The molecule has 1 fully saturated rings. The van der Waals surface area contributed by atoms with Crippen LogP contribution in [0, 0.1) is 0 Å². The van der Waals surface area contributed by atoms with E-state index in [9.17, 15) is 4.79 Å². The Morgan fingerprint density at radius 3 is 2.80 bits per heavy atom. The highest BCUT2D eigenvalue weighted by atomic mass is 32.2. The third kappa shape index (κ3) is 1.44. The first-order valence-corrected chi connectivity index (χ1v) is 4.37. The van der Waals surface area contributed by atoms with Crippen molar-refractivity contribution in [1.29, 1.82) is 0 Å².